The fourth-order valence-corrected chi connectivity index (χ4v) is 4.67. The minimum absolute atomic E-state index is 0.174. The topological polar surface area (TPSA) is 71.8 Å². The van der Waals surface area contributed by atoms with Crippen LogP contribution in [-0.2, 0) is 17.8 Å². The summed E-state index contributed by atoms with van der Waals surface area (Å²) >= 11 is 3.50. The van der Waals surface area contributed by atoms with Crippen LogP contribution in [0.2, 0.25) is 0 Å². The van der Waals surface area contributed by atoms with Crippen molar-refractivity contribution in [1.82, 2.24) is 10.2 Å². The molecule has 2 aromatic carbocycles. The molecule has 0 bridgehead atoms. The van der Waals surface area contributed by atoms with Crippen molar-refractivity contribution in [3.05, 3.63) is 87.8 Å². The Labute approximate surface area is 188 Å². The predicted octanol–water partition coefficient (Wildman–Crippen LogP) is 4.25. The summed E-state index contributed by atoms with van der Waals surface area (Å²) in [5.41, 5.74) is 3.07. The molecule has 7 heteroatoms. The summed E-state index contributed by atoms with van der Waals surface area (Å²) in [4.78, 5) is 28.2. The first-order chi connectivity index (χ1) is 15.1. The molecule has 3 heterocycles. The number of benzene rings is 2. The van der Waals surface area contributed by atoms with E-state index >= 15 is 0 Å². The van der Waals surface area contributed by atoms with Crippen LogP contribution in [0, 0.1) is 0 Å². The highest BCUT2D eigenvalue weighted by Crippen LogP contribution is 2.34. The summed E-state index contributed by atoms with van der Waals surface area (Å²) in [6.45, 7) is 0.895. The van der Waals surface area contributed by atoms with Gasteiger partial charge in [0.05, 0.1) is 18.9 Å². The lowest BCUT2D eigenvalue weighted by molar-refractivity contribution is -0.127. The highest BCUT2D eigenvalue weighted by molar-refractivity contribution is 9.10. The van der Waals surface area contributed by atoms with Crippen LogP contribution in [0.5, 0.6) is 5.75 Å². The third kappa shape index (κ3) is 3.85. The molecule has 2 aliphatic rings. The zero-order valence-corrected chi connectivity index (χ0v) is 18.3. The lowest BCUT2D eigenvalue weighted by Crippen LogP contribution is -2.53. The highest BCUT2D eigenvalue weighted by Gasteiger charge is 2.37. The Balaban J connectivity index is 1.44. The highest BCUT2D eigenvalue weighted by atomic mass is 79.9. The number of rotatable bonds is 3. The van der Waals surface area contributed by atoms with Crippen LogP contribution in [-0.4, -0.2) is 29.4 Å². The van der Waals surface area contributed by atoms with Crippen molar-refractivity contribution >= 4 is 27.7 Å². The molecule has 1 N–H and O–H groups in total. The second-order valence-electron chi connectivity index (χ2n) is 7.78. The molecule has 2 amide bonds. The predicted molar refractivity (Wildman–Crippen MR) is 118 cm³/mol. The SMILES string of the molecule is O=C(NC1CCOc2ccc(Br)cc21)C1Cc2ccccc2CN1C(=O)c1ccco1. The summed E-state index contributed by atoms with van der Waals surface area (Å²) < 4.78 is 12.0. The molecule has 1 aromatic heterocycles. The van der Waals surface area contributed by atoms with Crippen molar-refractivity contribution in [2.24, 2.45) is 0 Å². The van der Waals surface area contributed by atoms with Crippen LogP contribution in [0.4, 0.5) is 0 Å². The molecule has 0 saturated carbocycles. The Hall–Kier alpha value is -3.06. The van der Waals surface area contributed by atoms with Crippen molar-refractivity contribution in [3.8, 4) is 5.75 Å². The minimum Gasteiger partial charge on any atom is -0.493 e. The molecular weight excluding hydrogens is 460 g/mol. The van der Waals surface area contributed by atoms with Crippen LogP contribution in [0.15, 0.2) is 69.8 Å². The zero-order chi connectivity index (χ0) is 21.4. The average Bonchev–Trinajstić information content (AvgIpc) is 3.33. The third-order valence-electron chi connectivity index (χ3n) is 5.87. The fourth-order valence-electron chi connectivity index (χ4n) is 4.30. The van der Waals surface area contributed by atoms with Gasteiger partial charge in [-0.2, -0.15) is 0 Å². The Morgan fingerprint density at radius 3 is 2.71 bits per heavy atom. The van der Waals surface area contributed by atoms with E-state index in [-0.39, 0.29) is 23.6 Å². The number of nitrogens with zero attached hydrogens (tertiary/aromatic N) is 1. The molecular formula is C24H21BrN2O4. The zero-order valence-electron chi connectivity index (χ0n) is 16.7. The summed E-state index contributed by atoms with van der Waals surface area (Å²) in [6, 6.07) is 16.2. The number of hydrogen-bond donors (Lipinski definition) is 1. The largest absolute Gasteiger partial charge is 0.493 e. The molecule has 0 spiro atoms. The van der Waals surface area contributed by atoms with Gasteiger partial charge in [-0.25, -0.2) is 0 Å². The van der Waals surface area contributed by atoms with Crippen LogP contribution in [0.25, 0.3) is 0 Å². The number of fused-ring (bicyclic) bond motifs is 2. The van der Waals surface area contributed by atoms with Crippen LogP contribution in [0.1, 0.15) is 39.7 Å². The van der Waals surface area contributed by atoms with Crippen molar-refractivity contribution in [2.45, 2.75) is 31.5 Å². The van der Waals surface area contributed by atoms with Gasteiger partial charge in [-0.3, -0.25) is 9.59 Å². The molecule has 158 valence electrons. The van der Waals surface area contributed by atoms with E-state index in [4.69, 9.17) is 9.15 Å². The van der Waals surface area contributed by atoms with Gasteiger partial charge in [0, 0.05) is 29.4 Å². The smallest absolute Gasteiger partial charge is 0.290 e. The molecule has 3 aromatic rings. The van der Waals surface area contributed by atoms with Crippen molar-refractivity contribution < 1.29 is 18.7 Å². The lowest BCUT2D eigenvalue weighted by Gasteiger charge is -2.37. The van der Waals surface area contributed by atoms with Gasteiger partial charge in [0.2, 0.25) is 5.91 Å². The molecule has 6 nitrogen and oxygen atoms in total. The average molecular weight is 481 g/mol. The van der Waals surface area contributed by atoms with Gasteiger partial charge in [0.15, 0.2) is 5.76 Å². The van der Waals surface area contributed by atoms with Gasteiger partial charge in [0.25, 0.3) is 5.91 Å². The van der Waals surface area contributed by atoms with E-state index in [0.29, 0.717) is 26.0 Å². The quantitative estimate of drug-likeness (QED) is 0.608. The fraction of sp³-hybridized carbons (Fsp3) is 0.250. The first-order valence-corrected chi connectivity index (χ1v) is 11.0. The number of furan rings is 1. The number of carbonyl (C=O) groups is 2. The van der Waals surface area contributed by atoms with E-state index in [2.05, 4.69) is 21.2 Å². The second-order valence-corrected chi connectivity index (χ2v) is 8.70. The van der Waals surface area contributed by atoms with Crippen LogP contribution in [0.3, 0.4) is 0 Å². The number of halogens is 1. The monoisotopic (exact) mass is 480 g/mol. The standard InChI is InChI=1S/C24H21BrN2O4/c25-17-7-8-21-18(13-17)19(9-11-31-21)26-23(28)20-12-15-4-1-2-5-16(15)14-27(20)24(29)22-6-3-10-30-22/h1-8,10,13,19-20H,9,11-12,14H2,(H,26,28). The number of hydrogen-bond acceptors (Lipinski definition) is 4. The van der Waals surface area contributed by atoms with E-state index in [1.165, 1.54) is 6.26 Å². The Kier molecular flexibility index (Phi) is 5.28. The molecule has 0 fully saturated rings. The van der Waals surface area contributed by atoms with Crippen LogP contribution >= 0.6 is 15.9 Å². The summed E-state index contributed by atoms with van der Waals surface area (Å²) in [6.07, 6.45) is 2.60. The molecule has 0 saturated heterocycles. The summed E-state index contributed by atoms with van der Waals surface area (Å²) in [7, 11) is 0. The second kappa shape index (κ2) is 8.23. The van der Waals surface area contributed by atoms with Gasteiger partial charge in [0.1, 0.15) is 11.8 Å². The molecule has 2 atom stereocenters. The van der Waals surface area contributed by atoms with E-state index in [1.54, 1.807) is 17.0 Å². The van der Waals surface area contributed by atoms with Gasteiger partial charge < -0.3 is 19.4 Å². The van der Waals surface area contributed by atoms with Crippen molar-refractivity contribution in [3.63, 3.8) is 0 Å². The van der Waals surface area contributed by atoms with Crippen LogP contribution < -0.4 is 10.1 Å². The minimum atomic E-state index is -0.619. The van der Waals surface area contributed by atoms with E-state index < -0.39 is 6.04 Å². The number of carbonyl (C=O) groups excluding carboxylic acids is 2. The van der Waals surface area contributed by atoms with Crippen molar-refractivity contribution in [1.29, 1.82) is 0 Å². The van der Waals surface area contributed by atoms with E-state index in [1.807, 2.05) is 42.5 Å². The first-order valence-electron chi connectivity index (χ1n) is 10.2. The Morgan fingerprint density at radius 2 is 1.90 bits per heavy atom. The molecule has 2 aliphatic heterocycles. The summed E-state index contributed by atoms with van der Waals surface area (Å²) in [5.74, 6) is 0.553. The Bertz CT molecular complexity index is 1130. The molecule has 31 heavy (non-hydrogen) atoms. The van der Waals surface area contributed by atoms with Gasteiger partial charge in [-0.05, 0) is 41.5 Å². The molecule has 2 unspecified atom stereocenters. The summed E-state index contributed by atoms with van der Waals surface area (Å²) in [5, 5.41) is 3.17. The number of ether oxygens (including phenoxy) is 1. The van der Waals surface area contributed by atoms with Gasteiger partial charge in [-0.1, -0.05) is 40.2 Å². The van der Waals surface area contributed by atoms with Crippen molar-refractivity contribution in [2.75, 3.05) is 6.61 Å². The first kappa shape index (κ1) is 19.9. The number of nitrogens with one attached hydrogen (secondary N) is 1. The van der Waals surface area contributed by atoms with Gasteiger partial charge in [-0.15, -0.1) is 0 Å². The third-order valence-corrected chi connectivity index (χ3v) is 6.37. The Morgan fingerprint density at radius 1 is 1.06 bits per heavy atom. The maximum Gasteiger partial charge on any atom is 0.290 e. The number of amides is 2. The molecule has 0 radical (unpaired) electrons. The van der Waals surface area contributed by atoms with E-state index in [9.17, 15) is 9.59 Å². The normalized spacial score (nSPS) is 19.7. The lowest BCUT2D eigenvalue weighted by atomic mass is 9.92. The maximum absolute atomic E-state index is 13.5. The molecule has 5 rings (SSSR count). The molecule has 0 aliphatic carbocycles. The van der Waals surface area contributed by atoms with Gasteiger partial charge >= 0.3 is 0 Å². The van der Waals surface area contributed by atoms with E-state index in [0.717, 1.165) is 26.9 Å². The maximum atomic E-state index is 13.5.